The molecule has 1 amide bonds. The average molecular weight is 255 g/mol. The fourth-order valence-corrected chi connectivity index (χ4v) is 1.37. The number of rotatable bonds is 4. The third-order valence-electron chi connectivity index (χ3n) is 2.23. The predicted molar refractivity (Wildman–Crippen MR) is 72.0 cm³/mol. The Balaban J connectivity index is 1.75. The first kappa shape index (κ1) is 12.8. The molecule has 2 aromatic rings. The van der Waals surface area contributed by atoms with Crippen LogP contribution in [0.1, 0.15) is 5.69 Å². The van der Waals surface area contributed by atoms with Gasteiger partial charge in [0.15, 0.2) is 0 Å². The Hall–Kier alpha value is -2.69. The maximum atomic E-state index is 11.4. The molecule has 5 heteroatoms. The van der Waals surface area contributed by atoms with Crippen molar-refractivity contribution in [3.63, 3.8) is 0 Å². The lowest BCUT2D eigenvalue weighted by Crippen LogP contribution is -2.21. The van der Waals surface area contributed by atoms with Gasteiger partial charge in [0, 0.05) is 24.5 Å². The minimum atomic E-state index is -0.622. The van der Waals surface area contributed by atoms with E-state index in [1.807, 2.05) is 24.3 Å². The van der Waals surface area contributed by atoms with Crippen molar-refractivity contribution in [1.82, 2.24) is 10.4 Å². The minimum Gasteiger partial charge on any atom is -0.409 e. The molecule has 0 saturated carbocycles. The lowest BCUT2D eigenvalue weighted by Gasteiger charge is -2.01. The van der Waals surface area contributed by atoms with Crippen LogP contribution < -0.4 is 10.2 Å². The average Bonchev–Trinajstić information content (AvgIpc) is 2.46. The first-order chi connectivity index (χ1) is 9.34. The summed E-state index contributed by atoms with van der Waals surface area (Å²) < 4.78 is 4.99. The zero-order valence-corrected chi connectivity index (χ0v) is 10.2. The maximum Gasteiger partial charge on any atom is 0.433 e. The topological polar surface area (TPSA) is 63.6 Å². The molecule has 0 aliphatic rings. The van der Waals surface area contributed by atoms with E-state index in [9.17, 15) is 4.79 Å². The van der Waals surface area contributed by atoms with Gasteiger partial charge in [-0.1, -0.05) is 24.3 Å². The van der Waals surface area contributed by atoms with Crippen LogP contribution in [0, 0.1) is 0 Å². The molecule has 0 radical (unpaired) electrons. The number of ether oxygens (including phenoxy) is 1. The molecule has 0 bridgehead atoms. The highest BCUT2D eigenvalue weighted by molar-refractivity contribution is 5.71. The Morgan fingerprint density at radius 2 is 2.00 bits per heavy atom. The largest absolute Gasteiger partial charge is 0.433 e. The summed E-state index contributed by atoms with van der Waals surface area (Å²) in [5.74, 6) is 0.472. The van der Waals surface area contributed by atoms with Crippen molar-refractivity contribution in [1.29, 1.82) is 0 Å². The quantitative estimate of drug-likeness (QED) is 0.674. The normalized spacial score (nSPS) is 10.3. The van der Waals surface area contributed by atoms with Gasteiger partial charge in [-0.05, 0) is 24.3 Å². The molecule has 96 valence electrons. The molecule has 0 aliphatic heterocycles. The predicted octanol–water partition coefficient (Wildman–Crippen LogP) is 2.40. The second kappa shape index (κ2) is 6.90. The van der Waals surface area contributed by atoms with E-state index in [0.29, 0.717) is 12.2 Å². The number of nitrogens with zero attached hydrogens (tertiary/aromatic N) is 2. The van der Waals surface area contributed by atoms with Crippen LogP contribution in [0.5, 0.6) is 5.75 Å². The molecule has 2 rings (SSSR count). The number of carbonyl (C=O) groups is 1. The van der Waals surface area contributed by atoms with E-state index in [1.54, 1.807) is 36.7 Å². The Bertz CT molecular complexity index is 541. The third kappa shape index (κ3) is 4.59. The van der Waals surface area contributed by atoms with Gasteiger partial charge in [-0.15, -0.1) is 0 Å². The van der Waals surface area contributed by atoms with Gasteiger partial charge in [-0.2, -0.15) is 5.10 Å². The first-order valence-corrected chi connectivity index (χ1v) is 5.79. The summed E-state index contributed by atoms with van der Waals surface area (Å²) in [5, 5.41) is 3.77. The first-order valence-electron chi connectivity index (χ1n) is 5.79. The lowest BCUT2D eigenvalue weighted by atomic mass is 10.3. The van der Waals surface area contributed by atoms with Gasteiger partial charge in [-0.25, -0.2) is 10.2 Å². The second-order valence-corrected chi connectivity index (χ2v) is 3.65. The van der Waals surface area contributed by atoms with E-state index < -0.39 is 6.09 Å². The number of hydrogen-bond acceptors (Lipinski definition) is 4. The highest BCUT2D eigenvalue weighted by atomic mass is 16.6. The van der Waals surface area contributed by atoms with Gasteiger partial charge in [0.25, 0.3) is 0 Å². The van der Waals surface area contributed by atoms with Crippen molar-refractivity contribution in [3.05, 3.63) is 60.4 Å². The molecule has 19 heavy (non-hydrogen) atoms. The minimum absolute atomic E-state index is 0.472. The molecule has 0 unspecified atom stereocenters. The lowest BCUT2D eigenvalue weighted by molar-refractivity contribution is 0.201. The molecule has 0 spiro atoms. The zero-order valence-electron chi connectivity index (χ0n) is 10.2. The number of hydrazone groups is 1. The van der Waals surface area contributed by atoms with Crippen LogP contribution in [0.25, 0.3) is 0 Å². The zero-order chi connectivity index (χ0) is 13.3. The second-order valence-electron chi connectivity index (χ2n) is 3.65. The summed E-state index contributed by atoms with van der Waals surface area (Å²) in [7, 11) is 0. The molecule has 0 atom stereocenters. The Morgan fingerprint density at radius 3 is 2.74 bits per heavy atom. The molecule has 0 saturated heterocycles. The van der Waals surface area contributed by atoms with Crippen molar-refractivity contribution >= 4 is 12.3 Å². The molecule has 1 aromatic heterocycles. The van der Waals surface area contributed by atoms with Gasteiger partial charge in [0.1, 0.15) is 5.75 Å². The van der Waals surface area contributed by atoms with E-state index in [1.165, 1.54) is 0 Å². The Labute approximate surface area is 110 Å². The molecular formula is C14H13N3O2. The molecule has 1 aromatic carbocycles. The van der Waals surface area contributed by atoms with Gasteiger partial charge in [0.05, 0.1) is 0 Å². The fourth-order valence-electron chi connectivity index (χ4n) is 1.37. The van der Waals surface area contributed by atoms with Crippen LogP contribution in [-0.4, -0.2) is 17.3 Å². The van der Waals surface area contributed by atoms with E-state index >= 15 is 0 Å². The molecule has 0 aliphatic carbocycles. The SMILES string of the molecule is O=C(NN=CCc1ccccn1)Oc1ccccc1. The van der Waals surface area contributed by atoms with Crippen molar-refractivity contribution in [3.8, 4) is 5.75 Å². The molecule has 5 nitrogen and oxygen atoms in total. The number of hydrogen-bond donors (Lipinski definition) is 1. The highest BCUT2D eigenvalue weighted by Crippen LogP contribution is 2.07. The summed E-state index contributed by atoms with van der Waals surface area (Å²) in [5.41, 5.74) is 3.16. The Kier molecular flexibility index (Phi) is 4.64. The van der Waals surface area contributed by atoms with Gasteiger partial charge in [0.2, 0.25) is 0 Å². The third-order valence-corrected chi connectivity index (χ3v) is 2.23. The van der Waals surface area contributed by atoms with Crippen LogP contribution in [0.4, 0.5) is 4.79 Å². The van der Waals surface area contributed by atoms with Crippen LogP contribution in [0.2, 0.25) is 0 Å². The monoisotopic (exact) mass is 255 g/mol. The van der Waals surface area contributed by atoms with E-state index in [0.717, 1.165) is 5.69 Å². The fraction of sp³-hybridized carbons (Fsp3) is 0.0714. The summed E-state index contributed by atoms with van der Waals surface area (Å²) in [6.07, 6.45) is 3.20. The summed E-state index contributed by atoms with van der Waals surface area (Å²) in [4.78, 5) is 15.5. The maximum absolute atomic E-state index is 11.4. The van der Waals surface area contributed by atoms with Crippen LogP contribution in [0.15, 0.2) is 59.8 Å². The Morgan fingerprint density at radius 1 is 1.21 bits per heavy atom. The number of amides is 1. The van der Waals surface area contributed by atoms with Gasteiger partial charge < -0.3 is 4.74 Å². The number of pyridine rings is 1. The standard InChI is InChI=1S/C14H13N3O2/c18-14(19-13-7-2-1-3-8-13)17-16-11-9-12-6-4-5-10-15-12/h1-8,10-11H,9H2,(H,17,18). The summed E-state index contributed by atoms with van der Waals surface area (Å²) in [6, 6.07) is 14.4. The number of carbonyl (C=O) groups excluding carboxylic acids is 1. The van der Waals surface area contributed by atoms with E-state index in [-0.39, 0.29) is 0 Å². The summed E-state index contributed by atoms with van der Waals surface area (Å²) >= 11 is 0. The van der Waals surface area contributed by atoms with Gasteiger partial charge in [-0.3, -0.25) is 4.98 Å². The van der Waals surface area contributed by atoms with E-state index in [4.69, 9.17) is 4.74 Å². The highest BCUT2D eigenvalue weighted by Gasteiger charge is 2.00. The number of benzene rings is 1. The smallest absolute Gasteiger partial charge is 0.409 e. The summed E-state index contributed by atoms with van der Waals surface area (Å²) in [6.45, 7) is 0. The van der Waals surface area contributed by atoms with Crippen molar-refractivity contribution in [2.75, 3.05) is 0 Å². The van der Waals surface area contributed by atoms with Gasteiger partial charge >= 0.3 is 6.09 Å². The number of aromatic nitrogens is 1. The van der Waals surface area contributed by atoms with Crippen LogP contribution >= 0.6 is 0 Å². The van der Waals surface area contributed by atoms with E-state index in [2.05, 4.69) is 15.5 Å². The van der Waals surface area contributed by atoms with Crippen LogP contribution in [-0.2, 0) is 6.42 Å². The van der Waals surface area contributed by atoms with Crippen molar-refractivity contribution < 1.29 is 9.53 Å². The number of para-hydroxylation sites is 1. The molecular weight excluding hydrogens is 242 g/mol. The molecule has 0 fully saturated rings. The molecule has 1 heterocycles. The van der Waals surface area contributed by atoms with Crippen molar-refractivity contribution in [2.24, 2.45) is 5.10 Å². The molecule has 1 N–H and O–H groups in total. The van der Waals surface area contributed by atoms with Crippen LogP contribution in [0.3, 0.4) is 0 Å². The van der Waals surface area contributed by atoms with Crippen molar-refractivity contribution in [2.45, 2.75) is 6.42 Å². The number of nitrogens with one attached hydrogen (secondary N) is 1.